The predicted octanol–water partition coefficient (Wildman–Crippen LogP) is 4.50. The van der Waals surface area contributed by atoms with Gasteiger partial charge in [-0.1, -0.05) is 39.0 Å². The van der Waals surface area contributed by atoms with Crippen LogP contribution in [0.4, 0.5) is 5.82 Å². The summed E-state index contributed by atoms with van der Waals surface area (Å²) in [6, 6.07) is 14.5. The van der Waals surface area contributed by atoms with E-state index in [1.54, 1.807) is 18.1 Å². The SMILES string of the molecule is CC(C)(C)c1ccc(SNc2ccccn2)cc1. The van der Waals surface area contributed by atoms with Gasteiger partial charge in [0.1, 0.15) is 5.82 Å². The van der Waals surface area contributed by atoms with Crippen molar-refractivity contribution in [2.75, 3.05) is 4.72 Å². The predicted molar refractivity (Wildman–Crippen MR) is 78.9 cm³/mol. The third kappa shape index (κ3) is 3.50. The van der Waals surface area contributed by atoms with Gasteiger partial charge in [-0.2, -0.15) is 0 Å². The minimum atomic E-state index is 0.206. The standard InChI is InChI=1S/C15H18N2S/c1-15(2,3)12-7-9-13(10-8-12)18-17-14-6-4-5-11-16-14/h4-11H,1-3H3,(H,16,17). The fraction of sp³-hybridized carbons (Fsp3) is 0.267. The largest absolute Gasteiger partial charge is 0.310 e. The van der Waals surface area contributed by atoms with Crippen molar-refractivity contribution in [3.8, 4) is 0 Å². The molecule has 2 aromatic rings. The number of benzene rings is 1. The third-order valence-corrected chi connectivity index (χ3v) is 3.48. The van der Waals surface area contributed by atoms with E-state index in [9.17, 15) is 0 Å². The first kappa shape index (κ1) is 13.0. The Labute approximate surface area is 113 Å². The molecule has 0 aliphatic carbocycles. The molecule has 1 aromatic carbocycles. The molecule has 0 bridgehead atoms. The molecule has 2 rings (SSSR count). The van der Waals surface area contributed by atoms with Gasteiger partial charge in [-0.25, -0.2) is 4.98 Å². The van der Waals surface area contributed by atoms with Gasteiger partial charge in [0.15, 0.2) is 0 Å². The Hall–Kier alpha value is -1.48. The highest BCUT2D eigenvalue weighted by Crippen LogP contribution is 2.25. The summed E-state index contributed by atoms with van der Waals surface area (Å²) in [7, 11) is 0. The fourth-order valence-electron chi connectivity index (χ4n) is 1.56. The smallest absolute Gasteiger partial charge is 0.136 e. The summed E-state index contributed by atoms with van der Waals surface area (Å²) < 4.78 is 3.22. The Balaban J connectivity index is 1.99. The Morgan fingerprint density at radius 2 is 1.72 bits per heavy atom. The molecule has 0 atom stereocenters. The Kier molecular flexibility index (Phi) is 3.92. The quantitative estimate of drug-likeness (QED) is 0.821. The van der Waals surface area contributed by atoms with Gasteiger partial charge < -0.3 is 4.72 Å². The van der Waals surface area contributed by atoms with E-state index < -0.39 is 0 Å². The monoisotopic (exact) mass is 258 g/mol. The average Bonchev–Trinajstić information content (AvgIpc) is 2.37. The maximum Gasteiger partial charge on any atom is 0.136 e. The van der Waals surface area contributed by atoms with Gasteiger partial charge in [-0.05, 0) is 47.2 Å². The second-order valence-electron chi connectivity index (χ2n) is 5.19. The highest BCUT2D eigenvalue weighted by Gasteiger charge is 2.12. The van der Waals surface area contributed by atoms with Crippen LogP contribution >= 0.6 is 11.9 Å². The number of aromatic nitrogens is 1. The molecule has 0 radical (unpaired) electrons. The third-order valence-electron chi connectivity index (χ3n) is 2.66. The lowest BCUT2D eigenvalue weighted by Gasteiger charge is -2.19. The second-order valence-corrected chi connectivity index (χ2v) is 6.07. The lowest BCUT2D eigenvalue weighted by molar-refractivity contribution is 0.590. The Morgan fingerprint density at radius 1 is 1.00 bits per heavy atom. The van der Waals surface area contributed by atoms with Crippen molar-refractivity contribution in [3.63, 3.8) is 0 Å². The normalized spacial score (nSPS) is 11.3. The molecule has 0 amide bonds. The molecule has 0 fully saturated rings. The first-order valence-electron chi connectivity index (χ1n) is 6.00. The van der Waals surface area contributed by atoms with Gasteiger partial charge in [0.05, 0.1) is 0 Å². The van der Waals surface area contributed by atoms with Crippen LogP contribution in [-0.2, 0) is 5.41 Å². The van der Waals surface area contributed by atoms with Crippen LogP contribution in [0.25, 0.3) is 0 Å². The summed E-state index contributed by atoms with van der Waals surface area (Å²) in [5.41, 5.74) is 1.56. The molecule has 0 saturated carbocycles. The zero-order valence-electron chi connectivity index (χ0n) is 11.0. The van der Waals surface area contributed by atoms with Crippen LogP contribution in [0.2, 0.25) is 0 Å². The maximum absolute atomic E-state index is 4.22. The summed E-state index contributed by atoms with van der Waals surface area (Å²) in [5, 5.41) is 0. The number of nitrogens with one attached hydrogen (secondary N) is 1. The maximum atomic E-state index is 4.22. The van der Waals surface area contributed by atoms with E-state index in [-0.39, 0.29) is 5.41 Å². The number of nitrogens with zero attached hydrogens (tertiary/aromatic N) is 1. The molecule has 0 unspecified atom stereocenters. The topological polar surface area (TPSA) is 24.9 Å². The van der Waals surface area contributed by atoms with Crippen LogP contribution in [0, 0.1) is 0 Å². The van der Waals surface area contributed by atoms with Gasteiger partial charge in [0, 0.05) is 11.1 Å². The van der Waals surface area contributed by atoms with E-state index >= 15 is 0 Å². The van der Waals surface area contributed by atoms with Crippen LogP contribution < -0.4 is 4.72 Å². The molecular formula is C15H18N2S. The van der Waals surface area contributed by atoms with E-state index in [1.165, 1.54) is 10.5 Å². The highest BCUT2D eigenvalue weighted by atomic mass is 32.2. The molecule has 0 spiro atoms. The number of anilines is 1. The molecule has 0 aliphatic rings. The first-order chi connectivity index (χ1) is 8.55. The second kappa shape index (κ2) is 5.44. The zero-order chi connectivity index (χ0) is 13.0. The molecule has 2 nitrogen and oxygen atoms in total. The van der Waals surface area contributed by atoms with E-state index in [0.29, 0.717) is 0 Å². The van der Waals surface area contributed by atoms with Crippen molar-refractivity contribution < 1.29 is 0 Å². The van der Waals surface area contributed by atoms with E-state index in [4.69, 9.17) is 0 Å². The van der Waals surface area contributed by atoms with Crippen molar-refractivity contribution in [3.05, 3.63) is 54.2 Å². The summed E-state index contributed by atoms with van der Waals surface area (Å²) in [6.07, 6.45) is 1.78. The summed E-state index contributed by atoms with van der Waals surface area (Å²) >= 11 is 1.58. The van der Waals surface area contributed by atoms with E-state index in [1.807, 2.05) is 18.2 Å². The minimum absolute atomic E-state index is 0.206. The van der Waals surface area contributed by atoms with E-state index in [2.05, 4.69) is 54.7 Å². The van der Waals surface area contributed by atoms with Crippen molar-refractivity contribution in [1.29, 1.82) is 0 Å². The van der Waals surface area contributed by atoms with Crippen LogP contribution in [-0.4, -0.2) is 4.98 Å². The molecular weight excluding hydrogens is 240 g/mol. The summed E-state index contributed by atoms with van der Waals surface area (Å²) in [5.74, 6) is 0.877. The van der Waals surface area contributed by atoms with Gasteiger partial charge >= 0.3 is 0 Å². The molecule has 0 aliphatic heterocycles. The van der Waals surface area contributed by atoms with Crippen LogP contribution in [0.5, 0.6) is 0 Å². The zero-order valence-corrected chi connectivity index (χ0v) is 11.8. The van der Waals surface area contributed by atoms with Crippen molar-refractivity contribution in [2.24, 2.45) is 0 Å². The number of rotatable bonds is 3. The molecule has 1 heterocycles. The molecule has 94 valence electrons. The van der Waals surface area contributed by atoms with Gasteiger partial charge in [-0.15, -0.1) is 0 Å². The lowest BCUT2D eigenvalue weighted by atomic mass is 9.87. The fourth-order valence-corrected chi connectivity index (χ4v) is 2.17. The van der Waals surface area contributed by atoms with Crippen molar-refractivity contribution >= 4 is 17.8 Å². The first-order valence-corrected chi connectivity index (χ1v) is 6.82. The molecule has 1 N–H and O–H groups in total. The minimum Gasteiger partial charge on any atom is -0.310 e. The van der Waals surface area contributed by atoms with Gasteiger partial charge in [-0.3, -0.25) is 0 Å². The lowest BCUT2D eigenvalue weighted by Crippen LogP contribution is -2.10. The van der Waals surface area contributed by atoms with Crippen LogP contribution in [0.3, 0.4) is 0 Å². The van der Waals surface area contributed by atoms with Crippen LogP contribution in [0.1, 0.15) is 26.3 Å². The number of pyridine rings is 1. The molecule has 18 heavy (non-hydrogen) atoms. The van der Waals surface area contributed by atoms with Gasteiger partial charge in [0.25, 0.3) is 0 Å². The summed E-state index contributed by atoms with van der Waals surface area (Å²) in [6.45, 7) is 6.67. The molecule has 0 saturated heterocycles. The average molecular weight is 258 g/mol. The Morgan fingerprint density at radius 3 is 2.28 bits per heavy atom. The van der Waals surface area contributed by atoms with E-state index in [0.717, 1.165) is 5.82 Å². The molecule has 1 aromatic heterocycles. The molecule has 3 heteroatoms. The van der Waals surface area contributed by atoms with Crippen molar-refractivity contribution in [1.82, 2.24) is 4.98 Å². The number of hydrogen-bond acceptors (Lipinski definition) is 3. The van der Waals surface area contributed by atoms with Gasteiger partial charge in [0.2, 0.25) is 0 Å². The van der Waals surface area contributed by atoms with Crippen molar-refractivity contribution in [2.45, 2.75) is 31.1 Å². The Bertz CT molecular complexity index is 486. The van der Waals surface area contributed by atoms with Crippen LogP contribution in [0.15, 0.2) is 53.6 Å². The highest BCUT2D eigenvalue weighted by molar-refractivity contribution is 8.00. The summed E-state index contributed by atoms with van der Waals surface area (Å²) in [4.78, 5) is 5.41. The number of hydrogen-bond donors (Lipinski definition) is 1.